The first-order valence-corrected chi connectivity index (χ1v) is 8.80. The van der Waals surface area contributed by atoms with E-state index in [1.165, 1.54) is 6.42 Å². The van der Waals surface area contributed by atoms with E-state index in [0.29, 0.717) is 5.92 Å². The van der Waals surface area contributed by atoms with Crippen LogP contribution in [0.25, 0.3) is 0 Å². The van der Waals surface area contributed by atoms with Crippen molar-refractivity contribution in [3.63, 3.8) is 0 Å². The fourth-order valence-electron chi connectivity index (χ4n) is 4.36. The first-order chi connectivity index (χ1) is 9.94. The fourth-order valence-corrected chi connectivity index (χ4v) is 4.36. The van der Waals surface area contributed by atoms with Crippen LogP contribution in [0.3, 0.4) is 0 Å². The molecular formula is C18H32N2O. The molecule has 1 aliphatic carbocycles. The van der Waals surface area contributed by atoms with Crippen LogP contribution in [-0.2, 0) is 0 Å². The third kappa shape index (κ3) is 3.43. The maximum Gasteiger partial charge on any atom is 0.0861 e. The number of nitrogens with zero attached hydrogens (tertiary/aromatic N) is 2. The van der Waals surface area contributed by atoms with E-state index in [1.807, 2.05) is 0 Å². The predicted molar refractivity (Wildman–Crippen MR) is 85.8 cm³/mol. The summed E-state index contributed by atoms with van der Waals surface area (Å²) in [6.07, 6.45) is 6.76. The summed E-state index contributed by atoms with van der Waals surface area (Å²) in [5, 5.41) is 21.0. The van der Waals surface area contributed by atoms with Crippen molar-refractivity contribution in [2.75, 3.05) is 19.6 Å². The van der Waals surface area contributed by atoms with E-state index in [9.17, 15) is 10.4 Å². The van der Waals surface area contributed by atoms with Gasteiger partial charge in [-0.15, -0.1) is 0 Å². The van der Waals surface area contributed by atoms with Crippen molar-refractivity contribution >= 4 is 0 Å². The van der Waals surface area contributed by atoms with Crippen molar-refractivity contribution in [3.05, 3.63) is 0 Å². The lowest BCUT2D eigenvalue weighted by Gasteiger charge is -2.50. The van der Waals surface area contributed by atoms with Gasteiger partial charge in [-0.1, -0.05) is 27.2 Å². The highest BCUT2D eigenvalue weighted by Crippen LogP contribution is 2.50. The Morgan fingerprint density at radius 3 is 2.19 bits per heavy atom. The van der Waals surface area contributed by atoms with Crippen LogP contribution in [0, 0.1) is 28.6 Å². The summed E-state index contributed by atoms with van der Waals surface area (Å²) in [5.74, 6) is 1.43. The van der Waals surface area contributed by atoms with Crippen molar-refractivity contribution in [2.45, 2.75) is 71.3 Å². The molecule has 120 valence electrons. The second-order valence-electron chi connectivity index (χ2n) is 7.77. The molecule has 0 atom stereocenters. The largest absolute Gasteiger partial charge is 0.388 e. The molecule has 3 heteroatoms. The van der Waals surface area contributed by atoms with Gasteiger partial charge in [0, 0.05) is 19.6 Å². The van der Waals surface area contributed by atoms with E-state index in [4.69, 9.17) is 0 Å². The maximum atomic E-state index is 11.2. The van der Waals surface area contributed by atoms with Gasteiger partial charge in [-0.2, -0.15) is 5.26 Å². The molecule has 2 fully saturated rings. The Hall–Kier alpha value is -0.590. The number of aliphatic hydroxyl groups is 1. The predicted octanol–water partition coefficient (Wildman–Crippen LogP) is 3.58. The second-order valence-corrected chi connectivity index (χ2v) is 7.77. The van der Waals surface area contributed by atoms with Crippen LogP contribution in [0.2, 0.25) is 0 Å². The molecule has 1 saturated carbocycles. The molecule has 1 saturated heterocycles. The molecule has 0 bridgehead atoms. The minimum Gasteiger partial charge on any atom is -0.388 e. The number of likely N-dealkylation sites (tertiary alicyclic amines) is 1. The highest BCUT2D eigenvalue weighted by molar-refractivity contribution is 5.14. The molecule has 0 spiro atoms. The fraction of sp³-hybridized carbons (Fsp3) is 0.944. The number of piperidine rings is 1. The zero-order valence-electron chi connectivity index (χ0n) is 14.1. The summed E-state index contributed by atoms with van der Waals surface area (Å²) in [4.78, 5) is 2.45. The van der Waals surface area contributed by atoms with Crippen molar-refractivity contribution in [1.29, 1.82) is 5.26 Å². The minimum atomic E-state index is -0.756. The van der Waals surface area contributed by atoms with E-state index in [-0.39, 0.29) is 0 Å². The quantitative estimate of drug-likeness (QED) is 0.861. The van der Waals surface area contributed by atoms with Gasteiger partial charge in [0.15, 0.2) is 0 Å². The van der Waals surface area contributed by atoms with Crippen molar-refractivity contribution in [3.8, 4) is 6.07 Å². The number of rotatable bonds is 4. The SMILES string of the molecule is CCC1CCC(C#N)(C2(O)CCN(CC(C)C)CC2)CC1. The molecule has 21 heavy (non-hydrogen) atoms. The van der Waals surface area contributed by atoms with E-state index < -0.39 is 11.0 Å². The van der Waals surface area contributed by atoms with Gasteiger partial charge in [-0.3, -0.25) is 0 Å². The van der Waals surface area contributed by atoms with Crippen LogP contribution in [0.1, 0.15) is 65.7 Å². The molecular weight excluding hydrogens is 260 g/mol. The van der Waals surface area contributed by atoms with Gasteiger partial charge >= 0.3 is 0 Å². The van der Waals surface area contributed by atoms with Crippen molar-refractivity contribution in [2.24, 2.45) is 17.3 Å². The van der Waals surface area contributed by atoms with Gasteiger partial charge in [0.25, 0.3) is 0 Å². The normalized spacial score (nSPS) is 33.8. The van der Waals surface area contributed by atoms with E-state index in [0.717, 1.165) is 64.1 Å². The summed E-state index contributed by atoms with van der Waals surface area (Å²) in [5.41, 5.74) is -1.24. The van der Waals surface area contributed by atoms with Crippen molar-refractivity contribution in [1.82, 2.24) is 4.90 Å². The highest BCUT2D eigenvalue weighted by Gasteiger charge is 2.52. The first-order valence-electron chi connectivity index (χ1n) is 8.80. The topological polar surface area (TPSA) is 47.3 Å². The Balaban J connectivity index is 2.01. The Labute approximate surface area is 130 Å². The molecule has 2 rings (SSSR count). The van der Waals surface area contributed by atoms with Crippen molar-refractivity contribution < 1.29 is 5.11 Å². The van der Waals surface area contributed by atoms with Crippen LogP contribution in [0.5, 0.6) is 0 Å². The molecule has 0 unspecified atom stereocenters. The molecule has 0 aromatic rings. The van der Waals surface area contributed by atoms with Crippen LogP contribution >= 0.6 is 0 Å². The van der Waals surface area contributed by atoms with Gasteiger partial charge in [0.1, 0.15) is 0 Å². The van der Waals surface area contributed by atoms with E-state index in [2.05, 4.69) is 31.7 Å². The molecule has 1 aliphatic heterocycles. The summed E-state index contributed by atoms with van der Waals surface area (Å²) < 4.78 is 0. The number of nitriles is 1. The summed E-state index contributed by atoms with van der Waals surface area (Å²) in [6, 6.07) is 2.56. The highest BCUT2D eigenvalue weighted by atomic mass is 16.3. The Kier molecular flexibility index (Phi) is 5.33. The van der Waals surface area contributed by atoms with E-state index in [1.54, 1.807) is 0 Å². The van der Waals surface area contributed by atoms with Gasteiger partial charge in [0.05, 0.1) is 17.1 Å². The lowest BCUT2D eigenvalue weighted by Crippen LogP contribution is -2.56. The summed E-state index contributed by atoms with van der Waals surface area (Å²) >= 11 is 0. The van der Waals surface area contributed by atoms with Crippen LogP contribution in [-0.4, -0.2) is 35.2 Å². The second kappa shape index (κ2) is 6.67. The smallest absolute Gasteiger partial charge is 0.0861 e. The third-order valence-corrected chi connectivity index (χ3v) is 5.95. The maximum absolute atomic E-state index is 11.2. The standard InChI is InChI=1S/C18H32N2O/c1-4-16-5-7-17(14-19,8-6-16)18(21)9-11-20(12-10-18)13-15(2)3/h15-16,21H,4-13H2,1-3H3. The Morgan fingerprint density at radius 1 is 1.19 bits per heavy atom. The Bertz CT molecular complexity index is 369. The average molecular weight is 292 g/mol. The third-order valence-electron chi connectivity index (χ3n) is 5.95. The molecule has 0 radical (unpaired) electrons. The van der Waals surface area contributed by atoms with E-state index >= 15 is 0 Å². The first kappa shape index (κ1) is 16.8. The Morgan fingerprint density at radius 2 is 1.76 bits per heavy atom. The van der Waals surface area contributed by atoms with Gasteiger partial charge in [-0.25, -0.2) is 0 Å². The number of hydrogen-bond donors (Lipinski definition) is 1. The minimum absolute atomic E-state index is 0.484. The summed E-state index contributed by atoms with van der Waals surface area (Å²) in [6.45, 7) is 9.70. The van der Waals surface area contributed by atoms with Crippen LogP contribution in [0.15, 0.2) is 0 Å². The monoisotopic (exact) mass is 292 g/mol. The molecule has 1 N–H and O–H groups in total. The van der Waals surface area contributed by atoms with Gasteiger partial charge in [0.2, 0.25) is 0 Å². The van der Waals surface area contributed by atoms with Gasteiger partial charge in [-0.05, 0) is 50.4 Å². The molecule has 0 aromatic carbocycles. The van der Waals surface area contributed by atoms with Gasteiger partial charge < -0.3 is 10.0 Å². The molecule has 2 aliphatic rings. The molecule has 0 aromatic heterocycles. The zero-order chi connectivity index (χ0) is 15.5. The van der Waals surface area contributed by atoms with Crippen LogP contribution in [0.4, 0.5) is 0 Å². The average Bonchev–Trinajstić information content (AvgIpc) is 2.49. The molecule has 0 amide bonds. The lowest BCUT2D eigenvalue weighted by molar-refractivity contribution is -0.115. The molecule has 3 nitrogen and oxygen atoms in total. The number of hydrogen-bond acceptors (Lipinski definition) is 3. The lowest BCUT2D eigenvalue weighted by atomic mass is 9.59. The molecule has 1 heterocycles. The van der Waals surface area contributed by atoms with Crippen LogP contribution < -0.4 is 0 Å². The zero-order valence-corrected chi connectivity index (χ0v) is 14.1. The summed E-state index contributed by atoms with van der Waals surface area (Å²) in [7, 11) is 0.